The van der Waals surface area contributed by atoms with Gasteiger partial charge in [-0.1, -0.05) is 159 Å². The Kier molecular flexibility index (Phi) is 7.55. The highest BCUT2D eigenvalue weighted by atomic mass is 15.1. The van der Waals surface area contributed by atoms with E-state index >= 15 is 0 Å². The van der Waals surface area contributed by atoms with Gasteiger partial charge in [-0.2, -0.15) is 0 Å². The highest BCUT2D eigenvalue weighted by Gasteiger charge is 2.35. The van der Waals surface area contributed by atoms with Crippen molar-refractivity contribution in [2.24, 2.45) is 0 Å². The van der Waals surface area contributed by atoms with Crippen LogP contribution in [0.15, 0.2) is 206 Å². The van der Waals surface area contributed by atoms with Crippen LogP contribution in [0.2, 0.25) is 0 Å². The average molecular weight is 729 g/mol. The lowest BCUT2D eigenvalue weighted by Gasteiger charge is -2.28. The topological polar surface area (TPSA) is 8.17 Å². The summed E-state index contributed by atoms with van der Waals surface area (Å²) in [6.45, 7) is 4.70. The van der Waals surface area contributed by atoms with Crippen molar-refractivity contribution in [3.05, 3.63) is 218 Å². The molecule has 1 aliphatic rings. The molecule has 2 nitrogen and oxygen atoms in total. The molecule has 0 unspecified atom stereocenters. The molecule has 0 fully saturated rings. The minimum Gasteiger partial charge on any atom is -0.316 e. The fourth-order valence-corrected chi connectivity index (χ4v) is 9.35. The Labute approximate surface area is 333 Å². The molecule has 1 aliphatic carbocycles. The normalized spacial score (nSPS) is 12.9. The lowest BCUT2D eigenvalue weighted by Crippen LogP contribution is -2.16. The van der Waals surface area contributed by atoms with Gasteiger partial charge in [-0.05, 0) is 115 Å². The summed E-state index contributed by atoms with van der Waals surface area (Å²) in [4.78, 5) is 2.40. The fourth-order valence-electron chi connectivity index (χ4n) is 9.35. The molecule has 1 heterocycles. The predicted molar refractivity (Wildman–Crippen MR) is 241 cm³/mol. The van der Waals surface area contributed by atoms with E-state index in [1.54, 1.807) is 0 Å². The maximum atomic E-state index is 2.41. The summed E-state index contributed by atoms with van der Waals surface area (Å²) in [7, 11) is 0. The van der Waals surface area contributed by atoms with E-state index in [1.807, 2.05) is 0 Å². The van der Waals surface area contributed by atoms with Crippen molar-refractivity contribution >= 4 is 49.5 Å². The van der Waals surface area contributed by atoms with Crippen LogP contribution < -0.4 is 4.90 Å². The van der Waals surface area contributed by atoms with E-state index in [4.69, 9.17) is 0 Å². The quantitative estimate of drug-likeness (QED) is 0.155. The van der Waals surface area contributed by atoms with Crippen molar-refractivity contribution in [3.8, 4) is 39.1 Å². The number of nitrogens with zero attached hydrogens (tertiary/aromatic N) is 2. The number of benzene rings is 9. The summed E-state index contributed by atoms with van der Waals surface area (Å²) in [6.07, 6.45) is 2.22. The fraction of sp³-hybridized carbons (Fsp3) is 0.0545. The van der Waals surface area contributed by atoms with Gasteiger partial charge in [0.1, 0.15) is 0 Å². The second-order valence-electron chi connectivity index (χ2n) is 15.8. The number of hydrogen-bond acceptors (Lipinski definition) is 1. The average Bonchev–Trinajstić information content (AvgIpc) is 3.82. The first-order chi connectivity index (χ1) is 28.0. The van der Waals surface area contributed by atoms with E-state index in [1.165, 1.54) is 77.0 Å². The van der Waals surface area contributed by atoms with Crippen molar-refractivity contribution in [1.29, 1.82) is 0 Å². The smallest absolute Gasteiger partial charge is 0.0613 e. The molecule has 0 saturated heterocycles. The zero-order valence-corrected chi connectivity index (χ0v) is 32.0. The van der Waals surface area contributed by atoms with Crippen molar-refractivity contribution in [3.63, 3.8) is 0 Å². The molecule has 1 aromatic heterocycles. The Hall–Kier alpha value is -7.16. The van der Waals surface area contributed by atoms with Crippen molar-refractivity contribution < 1.29 is 0 Å². The first-order valence-electron chi connectivity index (χ1n) is 19.8. The van der Waals surface area contributed by atoms with Crippen molar-refractivity contribution in [2.75, 3.05) is 4.90 Å². The molecule has 0 spiro atoms. The Morgan fingerprint density at radius 3 is 1.46 bits per heavy atom. The summed E-state index contributed by atoms with van der Waals surface area (Å²) < 4.78 is 2.34. The minimum atomic E-state index is -0.0887. The van der Waals surface area contributed by atoms with Crippen LogP contribution in [-0.2, 0) is 5.41 Å². The molecular formula is C55H40N2. The summed E-state index contributed by atoms with van der Waals surface area (Å²) in [6, 6.07) is 73.3. The van der Waals surface area contributed by atoms with Gasteiger partial charge >= 0.3 is 0 Å². The summed E-state index contributed by atoms with van der Waals surface area (Å²) in [5.41, 5.74) is 15.9. The van der Waals surface area contributed by atoms with Crippen LogP contribution in [0.25, 0.3) is 71.5 Å². The third kappa shape index (κ3) is 5.33. The number of fused-ring (bicyclic) bond motifs is 9. The molecule has 0 N–H and O–H groups in total. The Bertz CT molecular complexity index is 3110. The lowest BCUT2D eigenvalue weighted by molar-refractivity contribution is 0.660. The monoisotopic (exact) mass is 728 g/mol. The van der Waals surface area contributed by atoms with Crippen LogP contribution in [0.4, 0.5) is 17.1 Å². The number of anilines is 3. The number of hydrogen-bond donors (Lipinski definition) is 0. The zero-order valence-electron chi connectivity index (χ0n) is 32.0. The molecule has 0 amide bonds. The molecule has 57 heavy (non-hydrogen) atoms. The van der Waals surface area contributed by atoms with E-state index in [0.717, 1.165) is 22.7 Å². The van der Waals surface area contributed by atoms with Gasteiger partial charge in [-0.15, -0.1) is 0 Å². The summed E-state index contributed by atoms with van der Waals surface area (Å²) >= 11 is 0. The maximum absolute atomic E-state index is 2.41. The van der Waals surface area contributed by atoms with Gasteiger partial charge in [0, 0.05) is 45.1 Å². The van der Waals surface area contributed by atoms with Crippen molar-refractivity contribution in [1.82, 2.24) is 4.57 Å². The van der Waals surface area contributed by atoms with Gasteiger partial charge in [-0.25, -0.2) is 0 Å². The van der Waals surface area contributed by atoms with Crippen LogP contribution in [0, 0.1) is 0 Å². The van der Waals surface area contributed by atoms with E-state index in [2.05, 4.69) is 230 Å². The van der Waals surface area contributed by atoms with Crippen LogP contribution in [0.1, 0.15) is 25.0 Å². The molecule has 0 saturated carbocycles. The van der Waals surface area contributed by atoms with E-state index in [-0.39, 0.29) is 5.41 Å². The molecule has 0 atom stereocenters. The standard InChI is InChI=1S/C55H40N2/c1-55(2)52-19-11-10-17-48(52)49-33-32-44(36-53(49)55)57(42-28-22-38(23-29-42)37-12-4-3-5-13-37)43-30-24-40(25-31-43)39-20-26-41(27-21-39)56-35-34-51-47-16-7-6-14-45(47)46-15-8-9-18-50(46)54(51)56/h3-36H,1-2H3. The maximum Gasteiger partial charge on any atom is 0.0613 e. The minimum absolute atomic E-state index is 0.0887. The van der Waals surface area contributed by atoms with E-state index in [0.29, 0.717) is 0 Å². The van der Waals surface area contributed by atoms with Gasteiger partial charge in [0.15, 0.2) is 0 Å². The van der Waals surface area contributed by atoms with E-state index < -0.39 is 0 Å². The Morgan fingerprint density at radius 2 is 0.825 bits per heavy atom. The first kappa shape index (κ1) is 33.2. The largest absolute Gasteiger partial charge is 0.316 e. The highest BCUT2D eigenvalue weighted by Crippen LogP contribution is 2.50. The molecule has 9 aromatic carbocycles. The van der Waals surface area contributed by atoms with Crippen molar-refractivity contribution in [2.45, 2.75) is 19.3 Å². The summed E-state index contributed by atoms with van der Waals surface area (Å²) in [5, 5.41) is 6.42. The van der Waals surface area contributed by atoms with Crippen LogP contribution in [0.3, 0.4) is 0 Å². The van der Waals surface area contributed by atoms with Gasteiger partial charge < -0.3 is 9.47 Å². The molecule has 0 aliphatic heterocycles. The van der Waals surface area contributed by atoms with Gasteiger partial charge in [0.05, 0.1) is 5.52 Å². The second kappa shape index (κ2) is 13.0. The van der Waals surface area contributed by atoms with Crippen LogP contribution in [0.5, 0.6) is 0 Å². The van der Waals surface area contributed by atoms with Gasteiger partial charge in [0.25, 0.3) is 0 Å². The molecule has 0 radical (unpaired) electrons. The molecule has 270 valence electrons. The molecular weight excluding hydrogens is 689 g/mol. The van der Waals surface area contributed by atoms with Gasteiger partial charge in [-0.3, -0.25) is 0 Å². The number of rotatable bonds is 6. The van der Waals surface area contributed by atoms with Gasteiger partial charge in [0.2, 0.25) is 0 Å². The third-order valence-corrected chi connectivity index (χ3v) is 12.2. The Morgan fingerprint density at radius 1 is 0.368 bits per heavy atom. The molecule has 10 aromatic rings. The third-order valence-electron chi connectivity index (χ3n) is 12.2. The predicted octanol–water partition coefficient (Wildman–Crippen LogP) is 15.0. The molecule has 11 rings (SSSR count). The summed E-state index contributed by atoms with van der Waals surface area (Å²) in [5.74, 6) is 0. The zero-order chi connectivity index (χ0) is 38.1. The highest BCUT2D eigenvalue weighted by molar-refractivity contribution is 6.24. The second-order valence-corrected chi connectivity index (χ2v) is 15.8. The number of aromatic nitrogens is 1. The molecule has 0 bridgehead atoms. The molecule has 2 heteroatoms. The van der Waals surface area contributed by atoms with Crippen LogP contribution >= 0.6 is 0 Å². The lowest BCUT2D eigenvalue weighted by atomic mass is 9.82. The SMILES string of the molecule is CC1(C)c2ccccc2-c2ccc(N(c3ccc(-c4ccccc4)cc3)c3ccc(-c4ccc(-n5ccc6c7ccccc7c7ccccc7c65)cc4)cc3)cc21. The van der Waals surface area contributed by atoms with Crippen LogP contribution in [-0.4, -0.2) is 4.57 Å². The Balaban J connectivity index is 0.962. The van der Waals surface area contributed by atoms with E-state index in [9.17, 15) is 0 Å². The first-order valence-corrected chi connectivity index (χ1v) is 19.8.